The third-order valence-electron chi connectivity index (χ3n) is 2.90. The summed E-state index contributed by atoms with van der Waals surface area (Å²) in [6.45, 7) is 2.82. The fourth-order valence-electron chi connectivity index (χ4n) is 1.83. The van der Waals surface area contributed by atoms with E-state index in [2.05, 4.69) is 6.92 Å². The van der Waals surface area contributed by atoms with Crippen LogP contribution in [0.2, 0.25) is 0 Å². The number of amides is 1. The van der Waals surface area contributed by atoms with Crippen molar-refractivity contribution in [2.24, 2.45) is 0 Å². The van der Waals surface area contributed by atoms with Gasteiger partial charge in [0, 0.05) is 18.5 Å². The summed E-state index contributed by atoms with van der Waals surface area (Å²) in [6.07, 6.45) is 3.94. The Morgan fingerprint density at radius 2 is 2.28 bits per heavy atom. The smallest absolute Gasteiger partial charge is 0.276 e. The van der Waals surface area contributed by atoms with Crippen molar-refractivity contribution in [3.05, 3.63) is 28.1 Å². The summed E-state index contributed by atoms with van der Waals surface area (Å²) in [5.41, 5.74) is 0.665. The van der Waals surface area contributed by atoms with Gasteiger partial charge in [-0.05, 0) is 36.2 Å². The molecule has 1 fully saturated rings. The van der Waals surface area contributed by atoms with Crippen molar-refractivity contribution in [3.8, 4) is 0 Å². The van der Waals surface area contributed by atoms with E-state index in [1.54, 1.807) is 21.1 Å². The van der Waals surface area contributed by atoms with Gasteiger partial charge in [0.25, 0.3) is 5.91 Å². The van der Waals surface area contributed by atoms with Crippen LogP contribution in [0.15, 0.2) is 23.2 Å². The van der Waals surface area contributed by atoms with Crippen molar-refractivity contribution in [1.82, 2.24) is 9.80 Å². The number of thiocarbonyl (C=S) groups is 1. The summed E-state index contributed by atoms with van der Waals surface area (Å²) in [5.74, 6) is 0.0179. The molecule has 5 heteroatoms. The topological polar surface area (TPSA) is 23.6 Å². The minimum Gasteiger partial charge on any atom is -0.317 e. The Labute approximate surface area is 117 Å². The van der Waals surface area contributed by atoms with E-state index in [1.807, 2.05) is 30.6 Å². The fourth-order valence-corrected chi connectivity index (χ4v) is 2.76. The van der Waals surface area contributed by atoms with Gasteiger partial charge in [0.1, 0.15) is 5.70 Å². The standard InChI is InChI=1S/C13H16N2OS2/c1-3-4-7-15-12(16)11(14(2)13(15)17)9-10-6-5-8-18-10/h5-6,8-9H,3-4,7H2,1-2H3. The van der Waals surface area contributed by atoms with Crippen LogP contribution in [0.25, 0.3) is 6.08 Å². The van der Waals surface area contributed by atoms with Crippen molar-refractivity contribution < 1.29 is 4.79 Å². The highest BCUT2D eigenvalue weighted by Gasteiger charge is 2.34. The lowest BCUT2D eigenvalue weighted by molar-refractivity contribution is -0.122. The van der Waals surface area contributed by atoms with E-state index >= 15 is 0 Å². The van der Waals surface area contributed by atoms with Gasteiger partial charge in [-0.15, -0.1) is 11.3 Å². The third-order valence-corrected chi connectivity index (χ3v) is 4.21. The van der Waals surface area contributed by atoms with Crippen LogP contribution >= 0.6 is 23.6 Å². The second-order valence-corrected chi connectivity index (χ2v) is 5.54. The van der Waals surface area contributed by atoms with Crippen molar-refractivity contribution in [3.63, 3.8) is 0 Å². The van der Waals surface area contributed by atoms with E-state index < -0.39 is 0 Å². The first-order valence-electron chi connectivity index (χ1n) is 6.00. The summed E-state index contributed by atoms with van der Waals surface area (Å²) in [5, 5.41) is 2.61. The second kappa shape index (κ2) is 5.63. The molecule has 0 N–H and O–H groups in total. The average Bonchev–Trinajstić information content (AvgIpc) is 2.93. The van der Waals surface area contributed by atoms with E-state index in [1.165, 1.54) is 0 Å². The monoisotopic (exact) mass is 280 g/mol. The predicted octanol–water partition coefficient (Wildman–Crippen LogP) is 2.95. The molecule has 0 unspecified atom stereocenters. The van der Waals surface area contributed by atoms with Crippen molar-refractivity contribution in [2.75, 3.05) is 13.6 Å². The summed E-state index contributed by atoms with van der Waals surface area (Å²) < 4.78 is 0. The number of unbranched alkanes of at least 4 members (excludes halogenated alkanes) is 1. The fraction of sp³-hybridized carbons (Fsp3) is 0.385. The number of carbonyl (C=O) groups is 1. The molecule has 0 radical (unpaired) electrons. The first-order valence-corrected chi connectivity index (χ1v) is 7.28. The number of thiophene rings is 1. The number of hydrogen-bond acceptors (Lipinski definition) is 3. The Bertz CT molecular complexity index is 479. The molecule has 1 saturated heterocycles. The molecule has 2 rings (SSSR count). The van der Waals surface area contributed by atoms with Gasteiger partial charge >= 0.3 is 0 Å². The molecule has 96 valence electrons. The van der Waals surface area contributed by atoms with Gasteiger partial charge in [-0.1, -0.05) is 19.4 Å². The number of hydrogen-bond donors (Lipinski definition) is 0. The normalized spacial score (nSPS) is 18.2. The molecule has 0 bridgehead atoms. The molecular formula is C13H16N2OS2. The largest absolute Gasteiger partial charge is 0.317 e. The van der Waals surface area contributed by atoms with Crippen LogP contribution in [0.1, 0.15) is 24.6 Å². The van der Waals surface area contributed by atoms with E-state index in [0.717, 1.165) is 17.7 Å². The van der Waals surface area contributed by atoms with Gasteiger partial charge < -0.3 is 4.90 Å². The van der Waals surface area contributed by atoms with Gasteiger partial charge in [0.15, 0.2) is 5.11 Å². The Kier molecular flexibility index (Phi) is 4.14. The SMILES string of the molecule is CCCCN1C(=O)C(=Cc2cccs2)N(C)C1=S. The quantitative estimate of drug-likeness (QED) is 0.626. The third kappa shape index (κ3) is 2.47. The first kappa shape index (κ1) is 13.2. The summed E-state index contributed by atoms with van der Waals surface area (Å²) >= 11 is 6.94. The van der Waals surface area contributed by atoms with Crippen LogP contribution in [0, 0.1) is 0 Å². The summed E-state index contributed by atoms with van der Waals surface area (Å²) in [6, 6.07) is 3.97. The lowest BCUT2D eigenvalue weighted by atomic mass is 10.3. The highest BCUT2D eigenvalue weighted by atomic mass is 32.1. The zero-order valence-electron chi connectivity index (χ0n) is 10.5. The molecule has 0 saturated carbocycles. The van der Waals surface area contributed by atoms with E-state index in [0.29, 0.717) is 17.4 Å². The van der Waals surface area contributed by atoms with Crippen LogP contribution < -0.4 is 0 Å². The van der Waals surface area contributed by atoms with Gasteiger partial charge in [-0.25, -0.2) is 0 Å². The minimum absolute atomic E-state index is 0.0179. The zero-order valence-corrected chi connectivity index (χ0v) is 12.2. The average molecular weight is 280 g/mol. The van der Waals surface area contributed by atoms with Gasteiger partial charge in [-0.3, -0.25) is 9.69 Å². The first-order chi connectivity index (χ1) is 8.65. The molecule has 0 aromatic carbocycles. The molecular weight excluding hydrogens is 264 g/mol. The lowest BCUT2D eigenvalue weighted by Crippen LogP contribution is -2.32. The van der Waals surface area contributed by atoms with Crippen molar-refractivity contribution in [2.45, 2.75) is 19.8 Å². The van der Waals surface area contributed by atoms with Crippen LogP contribution in [0.3, 0.4) is 0 Å². The second-order valence-electron chi connectivity index (χ2n) is 4.20. The molecule has 3 nitrogen and oxygen atoms in total. The molecule has 1 aromatic heterocycles. The summed E-state index contributed by atoms with van der Waals surface area (Å²) in [4.78, 5) is 16.9. The van der Waals surface area contributed by atoms with Crippen LogP contribution in [-0.4, -0.2) is 34.4 Å². The Morgan fingerprint density at radius 3 is 2.89 bits per heavy atom. The molecule has 1 aromatic rings. The number of carbonyl (C=O) groups excluding carboxylic acids is 1. The van der Waals surface area contributed by atoms with E-state index in [9.17, 15) is 4.79 Å². The van der Waals surface area contributed by atoms with Crippen LogP contribution in [0.4, 0.5) is 0 Å². The molecule has 1 amide bonds. The molecule has 0 aliphatic carbocycles. The number of rotatable bonds is 4. The van der Waals surface area contributed by atoms with Crippen molar-refractivity contribution >= 4 is 40.7 Å². The van der Waals surface area contributed by atoms with Crippen LogP contribution in [0.5, 0.6) is 0 Å². The number of nitrogens with zero attached hydrogens (tertiary/aromatic N) is 2. The molecule has 0 atom stereocenters. The maximum absolute atomic E-state index is 12.3. The predicted molar refractivity (Wildman–Crippen MR) is 79.3 cm³/mol. The maximum Gasteiger partial charge on any atom is 0.276 e. The van der Waals surface area contributed by atoms with Crippen LogP contribution in [-0.2, 0) is 4.79 Å². The van der Waals surface area contributed by atoms with E-state index in [4.69, 9.17) is 12.2 Å². The molecule has 0 spiro atoms. The Hall–Kier alpha value is -1.20. The highest BCUT2D eigenvalue weighted by molar-refractivity contribution is 7.80. The molecule has 1 aliphatic rings. The zero-order chi connectivity index (χ0) is 13.1. The molecule has 18 heavy (non-hydrogen) atoms. The van der Waals surface area contributed by atoms with E-state index in [-0.39, 0.29) is 5.91 Å². The minimum atomic E-state index is 0.0179. The number of likely N-dealkylation sites (N-methyl/N-ethyl adjacent to an activating group) is 1. The lowest BCUT2D eigenvalue weighted by Gasteiger charge is -2.15. The Morgan fingerprint density at radius 1 is 1.50 bits per heavy atom. The molecule has 2 heterocycles. The summed E-state index contributed by atoms with van der Waals surface area (Å²) in [7, 11) is 1.85. The Balaban J connectivity index is 2.23. The van der Waals surface area contributed by atoms with Gasteiger partial charge in [0.05, 0.1) is 0 Å². The molecule has 1 aliphatic heterocycles. The maximum atomic E-state index is 12.3. The van der Waals surface area contributed by atoms with Gasteiger partial charge in [0.2, 0.25) is 0 Å². The van der Waals surface area contributed by atoms with Crippen molar-refractivity contribution in [1.29, 1.82) is 0 Å². The van der Waals surface area contributed by atoms with Gasteiger partial charge in [-0.2, -0.15) is 0 Å². The highest BCUT2D eigenvalue weighted by Crippen LogP contribution is 2.23.